The molecule has 0 unspecified atom stereocenters. The summed E-state index contributed by atoms with van der Waals surface area (Å²) in [5, 5.41) is 16.5. The van der Waals surface area contributed by atoms with Crippen LogP contribution in [0.2, 0.25) is 5.02 Å². The Balaban J connectivity index is 1.27. The van der Waals surface area contributed by atoms with Crippen molar-refractivity contribution in [3.8, 4) is 45.5 Å². The molecule has 6 aromatic rings. The van der Waals surface area contributed by atoms with E-state index >= 15 is 0 Å². The molecule has 0 fully saturated rings. The third kappa shape index (κ3) is 10.4. The molecule has 61 heavy (non-hydrogen) atoms. The number of halogens is 1. The lowest BCUT2D eigenvalue weighted by molar-refractivity contribution is 0.104. The van der Waals surface area contributed by atoms with E-state index in [-0.39, 0.29) is 22.4 Å². The Morgan fingerprint density at radius 2 is 1.33 bits per heavy atom. The van der Waals surface area contributed by atoms with Crippen molar-refractivity contribution in [3.63, 3.8) is 0 Å². The van der Waals surface area contributed by atoms with Gasteiger partial charge >= 0.3 is 0 Å². The minimum atomic E-state index is -0.125. The number of aromatic nitrogens is 1. The van der Waals surface area contributed by atoms with E-state index in [0.717, 1.165) is 24.8 Å². The number of hydrogen-bond acceptors (Lipinski definition) is 6. The maximum atomic E-state index is 14.7. The summed E-state index contributed by atoms with van der Waals surface area (Å²) in [6.07, 6.45) is 13.5. The minimum Gasteiger partial charge on any atom is -0.507 e. The molecular weight excluding hydrogens is 776 g/mol. The molecule has 0 saturated carbocycles. The van der Waals surface area contributed by atoms with Gasteiger partial charge in [-0.25, -0.2) is 4.98 Å². The highest BCUT2D eigenvalue weighted by Crippen LogP contribution is 2.49. The molecule has 0 spiro atoms. The lowest BCUT2D eigenvalue weighted by Gasteiger charge is -2.33. The predicted octanol–water partition coefficient (Wildman–Crippen LogP) is 16.0. The molecule has 1 aromatic heterocycles. The first-order valence-electron chi connectivity index (χ1n) is 22.2. The van der Waals surface area contributed by atoms with E-state index < -0.39 is 0 Å². The number of phenols is 1. The largest absolute Gasteiger partial charge is 0.507 e. The minimum absolute atomic E-state index is 0.0373. The molecule has 2 N–H and O–H groups in total. The summed E-state index contributed by atoms with van der Waals surface area (Å²) in [6, 6.07) is 32.4. The van der Waals surface area contributed by atoms with Gasteiger partial charge in [-0.3, -0.25) is 4.79 Å². The van der Waals surface area contributed by atoms with Crippen LogP contribution >= 0.6 is 11.6 Å². The first-order chi connectivity index (χ1) is 29.3. The third-order valence-electron chi connectivity index (χ3n) is 11.7. The summed E-state index contributed by atoms with van der Waals surface area (Å²) in [4.78, 5) is 19.9. The predicted molar refractivity (Wildman–Crippen MR) is 253 cm³/mol. The standard InChI is InChI=1S/C54H61ClN2O4/c1-7-8-9-10-11-12-13-14-15-20-31-60-47-30-27-37(55)32-44(47)56-45-34-48(61-38-28-25-36(26-29-38)54(5,6)35-53(2,3)4)42-33-43(41-23-18-19-24-46(41)58)57-51-39-21-16-17-22-40(39)52(59)50(45)49(42)51/h16-19,21-30,32-34,56,58H,7-15,20,31,35H2,1-6H3. The Kier molecular flexibility index (Phi) is 13.7. The number of aromatic hydroxyl groups is 1. The number of phenolic OH excluding ortho intramolecular Hbond substituents is 1. The average Bonchev–Trinajstić information content (AvgIpc) is 3.22. The van der Waals surface area contributed by atoms with E-state index in [4.69, 9.17) is 26.1 Å². The fourth-order valence-corrected chi connectivity index (χ4v) is 9.22. The van der Waals surface area contributed by atoms with Crippen molar-refractivity contribution in [2.75, 3.05) is 11.9 Å². The van der Waals surface area contributed by atoms with Gasteiger partial charge in [0.05, 0.1) is 34.9 Å². The van der Waals surface area contributed by atoms with Crippen LogP contribution in [0.5, 0.6) is 23.0 Å². The van der Waals surface area contributed by atoms with Crippen LogP contribution in [0.3, 0.4) is 0 Å². The molecule has 1 aliphatic carbocycles. The number of carbonyl (C=O) groups is 1. The van der Waals surface area contributed by atoms with Crippen molar-refractivity contribution in [3.05, 3.63) is 125 Å². The molecule has 5 aromatic carbocycles. The molecule has 6 nitrogen and oxygen atoms in total. The second-order valence-corrected chi connectivity index (χ2v) is 18.9. The zero-order chi connectivity index (χ0) is 43.1. The number of pyridine rings is 1. The van der Waals surface area contributed by atoms with E-state index in [1.807, 2.05) is 78.9 Å². The van der Waals surface area contributed by atoms with Crippen LogP contribution in [0, 0.1) is 5.41 Å². The fraction of sp³-hybridized carbons (Fsp3) is 0.370. The zero-order valence-electron chi connectivity index (χ0n) is 36.8. The number of fused-ring (bicyclic) bond motifs is 2. The number of ether oxygens (including phenoxy) is 2. The van der Waals surface area contributed by atoms with Crippen molar-refractivity contribution >= 4 is 39.5 Å². The number of nitrogens with one attached hydrogen (secondary N) is 1. The number of unbranched alkanes of at least 4 members (excludes halogenated alkanes) is 9. The number of carbonyl (C=O) groups excluding carboxylic acids is 1. The highest BCUT2D eigenvalue weighted by Gasteiger charge is 2.32. The van der Waals surface area contributed by atoms with Crippen molar-refractivity contribution in [2.24, 2.45) is 5.41 Å². The Morgan fingerprint density at radius 3 is 2.00 bits per heavy atom. The van der Waals surface area contributed by atoms with E-state index in [9.17, 15) is 9.90 Å². The average molecular weight is 838 g/mol. The summed E-state index contributed by atoms with van der Waals surface area (Å²) in [5.41, 5.74) is 6.10. The van der Waals surface area contributed by atoms with Crippen LogP contribution in [-0.4, -0.2) is 22.5 Å². The molecular formula is C54H61ClN2O4. The molecule has 1 aliphatic rings. The molecule has 1 heterocycles. The summed E-state index contributed by atoms with van der Waals surface area (Å²) in [5.74, 6) is 1.83. The first-order valence-corrected chi connectivity index (χ1v) is 22.6. The smallest absolute Gasteiger partial charge is 0.196 e. The maximum Gasteiger partial charge on any atom is 0.196 e. The number of anilines is 2. The molecule has 0 amide bonds. The van der Waals surface area contributed by atoms with Crippen molar-refractivity contribution in [2.45, 2.75) is 118 Å². The van der Waals surface area contributed by atoms with Crippen molar-refractivity contribution < 1.29 is 19.4 Å². The van der Waals surface area contributed by atoms with Gasteiger partial charge in [0.15, 0.2) is 5.78 Å². The number of hydrogen-bond donors (Lipinski definition) is 2. The zero-order valence-corrected chi connectivity index (χ0v) is 37.6. The van der Waals surface area contributed by atoms with Crippen LogP contribution in [0.1, 0.15) is 134 Å². The van der Waals surface area contributed by atoms with Crippen LogP contribution in [-0.2, 0) is 5.41 Å². The van der Waals surface area contributed by atoms with Gasteiger partial charge in [0.2, 0.25) is 0 Å². The monoisotopic (exact) mass is 836 g/mol. The second kappa shape index (κ2) is 19.2. The molecule has 0 radical (unpaired) electrons. The van der Waals surface area contributed by atoms with Crippen LogP contribution in [0.4, 0.5) is 11.4 Å². The summed E-state index contributed by atoms with van der Waals surface area (Å²) >= 11 is 6.65. The Morgan fingerprint density at radius 1 is 0.689 bits per heavy atom. The van der Waals surface area contributed by atoms with Crippen molar-refractivity contribution in [1.82, 2.24) is 4.98 Å². The van der Waals surface area contributed by atoms with Crippen molar-refractivity contribution in [1.29, 1.82) is 0 Å². The van der Waals surface area contributed by atoms with Gasteiger partial charge in [-0.05, 0) is 77.8 Å². The third-order valence-corrected chi connectivity index (χ3v) is 12.0. The number of benzene rings is 5. The highest BCUT2D eigenvalue weighted by molar-refractivity contribution is 6.31. The lowest BCUT2D eigenvalue weighted by Crippen LogP contribution is -2.24. The quantitative estimate of drug-likeness (QED) is 0.0790. The second-order valence-electron chi connectivity index (χ2n) is 18.5. The Hall–Kier alpha value is -5.33. The summed E-state index contributed by atoms with van der Waals surface area (Å²) < 4.78 is 13.3. The molecule has 7 rings (SSSR count). The van der Waals surface area contributed by atoms with Gasteiger partial charge in [-0.1, -0.05) is 159 Å². The SMILES string of the molecule is CCCCCCCCCCCCOc1ccc(Cl)cc1Nc1cc(Oc2ccc(C(C)(C)CC(C)(C)C)cc2)c2cc(-c3ccccc3O)nc3c2c1C(=O)c1ccccc1-3. The van der Waals surface area contributed by atoms with Crippen LogP contribution in [0.15, 0.2) is 103 Å². The number of nitrogens with zero attached hydrogens (tertiary/aromatic N) is 1. The molecule has 0 bridgehead atoms. The molecule has 318 valence electrons. The van der Waals surface area contributed by atoms with Gasteiger partial charge in [0.25, 0.3) is 0 Å². The highest BCUT2D eigenvalue weighted by atomic mass is 35.5. The Bertz CT molecular complexity index is 2480. The van der Waals surface area contributed by atoms with E-state index in [2.05, 4.69) is 59.0 Å². The number of ketones is 1. The summed E-state index contributed by atoms with van der Waals surface area (Å²) in [6.45, 7) is 14.2. The first kappa shape index (κ1) is 43.7. The van der Waals surface area contributed by atoms with Crippen LogP contribution in [0.25, 0.3) is 33.3 Å². The van der Waals surface area contributed by atoms with Gasteiger partial charge in [0.1, 0.15) is 23.0 Å². The van der Waals surface area contributed by atoms with Crippen LogP contribution < -0.4 is 14.8 Å². The van der Waals surface area contributed by atoms with Gasteiger partial charge in [-0.2, -0.15) is 0 Å². The topological polar surface area (TPSA) is 80.7 Å². The van der Waals surface area contributed by atoms with Gasteiger partial charge in [-0.15, -0.1) is 0 Å². The number of rotatable bonds is 19. The maximum absolute atomic E-state index is 14.7. The summed E-state index contributed by atoms with van der Waals surface area (Å²) in [7, 11) is 0. The molecule has 0 aliphatic heterocycles. The van der Waals surface area contributed by atoms with Gasteiger partial charge < -0.3 is 19.9 Å². The normalized spacial score (nSPS) is 12.4. The molecule has 0 atom stereocenters. The Labute approximate surface area is 367 Å². The van der Waals surface area contributed by atoms with Gasteiger partial charge in [0, 0.05) is 38.6 Å². The lowest BCUT2D eigenvalue weighted by atomic mass is 9.72. The molecule has 7 heteroatoms. The van der Waals surface area contributed by atoms with E-state index in [1.54, 1.807) is 12.1 Å². The molecule has 0 saturated heterocycles. The van der Waals surface area contributed by atoms with E-state index in [1.165, 1.54) is 56.9 Å². The fourth-order valence-electron chi connectivity index (χ4n) is 9.04. The number of para-hydroxylation sites is 1. The van der Waals surface area contributed by atoms with E-state index in [0.29, 0.717) is 79.1 Å².